The summed E-state index contributed by atoms with van der Waals surface area (Å²) in [5.74, 6) is 1.25. The smallest absolute Gasteiger partial charge is 0.275 e. The van der Waals surface area contributed by atoms with Gasteiger partial charge in [0.25, 0.3) is 11.5 Å². The van der Waals surface area contributed by atoms with Gasteiger partial charge in [0.1, 0.15) is 0 Å². The number of likely N-dealkylation sites (tertiary alicyclic amines) is 1. The van der Waals surface area contributed by atoms with Crippen molar-refractivity contribution in [2.75, 3.05) is 6.54 Å². The number of carbonyl (C=O) groups is 1. The number of amides is 1. The summed E-state index contributed by atoms with van der Waals surface area (Å²) in [6.07, 6.45) is 5.82. The molecule has 2 aliphatic rings. The number of nitrogens with one attached hydrogen (secondary N) is 1. The van der Waals surface area contributed by atoms with Gasteiger partial charge in [-0.25, -0.2) is 5.10 Å². The Balaban J connectivity index is 1.74. The molecule has 126 valence electrons. The minimum absolute atomic E-state index is 0.0359. The molecule has 0 bridgehead atoms. The number of benzene rings is 1. The van der Waals surface area contributed by atoms with E-state index in [0.717, 1.165) is 19.4 Å². The van der Waals surface area contributed by atoms with Crippen LogP contribution in [0.25, 0.3) is 10.8 Å². The molecule has 24 heavy (non-hydrogen) atoms. The van der Waals surface area contributed by atoms with Crippen molar-refractivity contribution in [2.45, 2.75) is 45.1 Å². The van der Waals surface area contributed by atoms with Crippen LogP contribution in [0.3, 0.4) is 0 Å². The van der Waals surface area contributed by atoms with E-state index in [0.29, 0.717) is 34.3 Å². The monoisotopic (exact) mass is 325 g/mol. The van der Waals surface area contributed by atoms with Gasteiger partial charge >= 0.3 is 0 Å². The summed E-state index contributed by atoms with van der Waals surface area (Å²) in [6, 6.07) is 7.54. The zero-order chi connectivity index (χ0) is 16.7. The van der Waals surface area contributed by atoms with Crippen molar-refractivity contribution in [1.29, 1.82) is 0 Å². The van der Waals surface area contributed by atoms with Crippen molar-refractivity contribution in [2.24, 2.45) is 11.8 Å². The lowest BCUT2D eigenvalue weighted by molar-refractivity contribution is 0.0214. The zero-order valence-corrected chi connectivity index (χ0v) is 14.0. The molecule has 3 atom stereocenters. The Labute approximate surface area is 141 Å². The highest BCUT2D eigenvalue weighted by Gasteiger charge is 2.40. The number of piperidine rings is 1. The fraction of sp³-hybridized carbons (Fsp3) is 0.526. The van der Waals surface area contributed by atoms with Crippen LogP contribution >= 0.6 is 0 Å². The molecule has 1 saturated heterocycles. The van der Waals surface area contributed by atoms with Crippen molar-refractivity contribution in [1.82, 2.24) is 15.1 Å². The minimum atomic E-state index is -0.245. The summed E-state index contributed by atoms with van der Waals surface area (Å²) in [5, 5.41) is 7.78. The Morgan fingerprint density at radius 1 is 1.17 bits per heavy atom. The molecule has 5 heteroatoms. The van der Waals surface area contributed by atoms with E-state index in [9.17, 15) is 9.59 Å². The van der Waals surface area contributed by atoms with Gasteiger partial charge in [0.05, 0.1) is 5.39 Å². The number of aromatic nitrogens is 2. The number of H-pyrrole nitrogens is 1. The second kappa shape index (κ2) is 6.04. The predicted molar refractivity (Wildman–Crippen MR) is 92.9 cm³/mol. The van der Waals surface area contributed by atoms with E-state index in [1.807, 2.05) is 23.1 Å². The number of hydrogen-bond donors (Lipinski definition) is 1. The summed E-state index contributed by atoms with van der Waals surface area (Å²) in [4.78, 5) is 27.2. The zero-order valence-electron chi connectivity index (χ0n) is 14.0. The van der Waals surface area contributed by atoms with Crippen LogP contribution in [-0.4, -0.2) is 33.6 Å². The Morgan fingerprint density at radius 2 is 1.92 bits per heavy atom. The van der Waals surface area contributed by atoms with Crippen LogP contribution in [0.4, 0.5) is 0 Å². The van der Waals surface area contributed by atoms with Gasteiger partial charge < -0.3 is 4.90 Å². The second-order valence-corrected chi connectivity index (χ2v) is 7.23. The third-order valence-electron chi connectivity index (χ3n) is 5.90. The highest BCUT2D eigenvalue weighted by Crippen LogP contribution is 2.39. The molecule has 1 aliphatic heterocycles. The van der Waals surface area contributed by atoms with Crippen molar-refractivity contribution >= 4 is 16.7 Å². The van der Waals surface area contributed by atoms with E-state index in [4.69, 9.17) is 0 Å². The number of aromatic amines is 1. The molecular formula is C19H23N3O2. The van der Waals surface area contributed by atoms with Crippen LogP contribution in [-0.2, 0) is 0 Å². The third kappa shape index (κ3) is 2.43. The molecule has 2 aromatic rings. The number of hydrogen-bond acceptors (Lipinski definition) is 3. The predicted octanol–water partition coefficient (Wildman–Crippen LogP) is 2.96. The maximum atomic E-state index is 13.2. The molecule has 1 aliphatic carbocycles. The average Bonchev–Trinajstić information content (AvgIpc) is 2.62. The Morgan fingerprint density at radius 3 is 2.75 bits per heavy atom. The molecule has 1 N–H and O–H groups in total. The number of fused-ring (bicyclic) bond motifs is 2. The lowest BCUT2D eigenvalue weighted by atomic mass is 9.72. The van der Waals surface area contributed by atoms with Gasteiger partial charge in [-0.2, -0.15) is 5.10 Å². The lowest BCUT2D eigenvalue weighted by Crippen LogP contribution is -2.52. The summed E-state index contributed by atoms with van der Waals surface area (Å²) < 4.78 is 0. The molecular weight excluding hydrogens is 302 g/mol. The first kappa shape index (κ1) is 15.4. The molecule has 4 rings (SSSR count). The first-order valence-electron chi connectivity index (χ1n) is 8.95. The van der Waals surface area contributed by atoms with Gasteiger partial charge in [-0.1, -0.05) is 38.0 Å². The van der Waals surface area contributed by atoms with Crippen LogP contribution in [0.1, 0.15) is 49.5 Å². The Bertz CT molecular complexity index is 829. The lowest BCUT2D eigenvalue weighted by Gasteiger charge is -2.47. The molecule has 1 saturated carbocycles. The average molecular weight is 325 g/mol. The highest BCUT2D eigenvalue weighted by atomic mass is 16.2. The topological polar surface area (TPSA) is 66.1 Å². The molecule has 0 spiro atoms. The minimum Gasteiger partial charge on any atom is -0.334 e. The fourth-order valence-electron chi connectivity index (χ4n) is 4.58. The first-order chi connectivity index (χ1) is 11.7. The Hall–Kier alpha value is -2.17. The second-order valence-electron chi connectivity index (χ2n) is 7.23. The fourth-order valence-corrected chi connectivity index (χ4v) is 4.58. The van der Waals surface area contributed by atoms with E-state index in [1.165, 1.54) is 19.3 Å². The van der Waals surface area contributed by atoms with Crippen molar-refractivity contribution in [3.8, 4) is 0 Å². The van der Waals surface area contributed by atoms with Crippen LogP contribution in [0.15, 0.2) is 29.1 Å². The number of carbonyl (C=O) groups excluding carboxylic acids is 1. The maximum Gasteiger partial charge on any atom is 0.275 e. The van der Waals surface area contributed by atoms with E-state index in [2.05, 4.69) is 17.1 Å². The van der Waals surface area contributed by atoms with Gasteiger partial charge in [-0.05, 0) is 37.2 Å². The van der Waals surface area contributed by atoms with Crippen LogP contribution in [0.2, 0.25) is 0 Å². The highest BCUT2D eigenvalue weighted by molar-refractivity contribution is 6.04. The van der Waals surface area contributed by atoms with E-state index in [1.54, 1.807) is 6.07 Å². The molecule has 1 aromatic heterocycles. The van der Waals surface area contributed by atoms with Gasteiger partial charge in [0.15, 0.2) is 5.69 Å². The number of nitrogens with zero attached hydrogens (tertiary/aromatic N) is 2. The molecule has 0 unspecified atom stereocenters. The van der Waals surface area contributed by atoms with E-state index >= 15 is 0 Å². The molecule has 1 amide bonds. The van der Waals surface area contributed by atoms with Crippen LogP contribution in [0, 0.1) is 11.8 Å². The first-order valence-corrected chi connectivity index (χ1v) is 8.95. The van der Waals surface area contributed by atoms with Crippen LogP contribution in [0.5, 0.6) is 0 Å². The quantitative estimate of drug-likeness (QED) is 0.876. The summed E-state index contributed by atoms with van der Waals surface area (Å²) in [5.41, 5.74) is 0.133. The van der Waals surface area contributed by atoms with Crippen LogP contribution < -0.4 is 5.56 Å². The van der Waals surface area contributed by atoms with Gasteiger partial charge in [-0.15, -0.1) is 0 Å². The molecule has 2 fully saturated rings. The summed E-state index contributed by atoms with van der Waals surface area (Å²) in [7, 11) is 0. The molecule has 1 aromatic carbocycles. The Kier molecular flexibility index (Phi) is 3.87. The van der Waals surface area contributed by atoms with E-state index in [-0.39, 0.29) is 11.5 Å². The van der Waals surface area contributed by atoms with Gasteiger partial charge in [0.2, 0.25) is 0 Å². The largest absolute Gasteiger partial charge is 0.334 e. The summed E-state index contributed by atoms with van der Waals surface area (Å²) >= 11 is 0. The van der Waals surface area contributed by atoms with Gasteiger partial charge in [-0.3, -0.25) is 9.59 Å². The summed E-state index contributed by atoms with van der Waals surface area (Å²) in [6.45, 7) is 3.11. The molecule has 5 nitrogen and oxygen atoms in total. The maximum absolute atomic E-state index is 13.2. The van der Waals surface area contributed by atoms with E-state index < -0.39 is 0 Å². The standard InChI is InChI=1S/C19H23N3O2/c1-12-10-11-22(16-9-5-4-6-13(12)16)19(24)17-14-7-2-3-8-15(14)18(23)21-20-17/h2-3,7-8,12-13,16H,4-6,9-11H2,1H3,(H,21,23)/t12-,13-,16+/m1/s1. The SMILES string of the molecule is C[C@@H]1CCN(C(=O)c2n[nH]c(=O)c3ccccc23)[C@H]2CCCC[C@H]12. The molecule has 0 radical (unpaired) electrons. The third-order valence-corrected chi connectivity index (χ3v) is 5.90. The van der Waals surface area contributed by atoms with Crippen molar-refractivity contribution in [3.05, 3.63) is 40.3 Å². The number of rotatable bonds is 1. The normalized spacial score (nSPS) is 27.0. The van der Waals surface area contributed by atoms with Crippen molar-refractivity contribution < 1.29 is 4.79 Å². The van der Waals surface area contributed by atoms with Crippen molar-refractivity contribution in [3.63, 3.8) is 0 Å². The van der Waals surface area contributed by atoms with Gasteiger partial charge in [0, 0.05) is 18.0 Å². The molecule has 2 heterocycles.